The van der Waals surface area contributed by atoms with E-state index in [0.717, 1.165) is 23.1 Å². The van der Waals surface area contributed by atoms with Crippen molar-refractivity contribution in [1.82, 2.24) is 10.3 Å². The molecule has 0 unspecified atom stereocenters. The topological polar surface area (TPSA) is 37.4 Å². The van der Waals surface area contributed by atoms with Crippen molar-refractivity contribution in [2.75, 3.05) is 19.1 Å². The van der Waals surface area contributed by atoms with Crippen molar-refractivity contribution >= 4 is 22.2 Å². The molecule has 0 saturated heterocycles. The summed E-state index contributed by atoms with van der Waals surface area (Å²) in [6, 6.07) is 11.0. The molecule has 0 bridgehead atoms. The fourth-order valence-corrected chi connectivity index (χ4v) is 3.18. The summed E-state index contributed by atoms with van der Waals surface area (Å²) in [5.74, 6) is 0. The Kier molecular flexibility index (Phi) is 4.53. The Balaban J connectivity index is 1.79. The predicted octanol–water partition coefficient (Wildman–Crippen LogP) is 3.31. The van der Waals surface area contributed by atoms with Gasteiger partial charge in [0, 0.05) is 37.3 Å². The van der Waals surface area contributed by atoms with Gasteiger partial charge in [-0.3, -0.25) is 0 Å². The third-order valence-electron chi connectivity index (χ3n) is 3.61. The monoisotopic (exact) mass is 303 g/mol. The number of anilines is 2. The molecule has 1 aromatic carbocycles. The zero-order valence-electron chi connectivity index (χ0n) is 12.5. The lowest BCUT2D eigenvalue weighted by Crippen LogP contribution is -2.15. The standard InChI is InChI=1S/C16H21N3OS/c1-19(13-6-4-3-5-7-13)16-18-14(11-20-2)15(21-16)10-17-12-8-9-12/h3-7,12,17H,8-11H2,1-2H3. The van der Waals surface area contributed by atoms with E-state index in [-0.39, 0.29) is 0 Å². The van der Waals surface area contributed by atoms with Crippen molar-refractivity contribution < 1.29 is 4.74 Å². The number of hydrogen-bond donors (Lipinski definition) is 1. The lowest BCUT2D eigenvalue weighted by Gasteiger charge is -2.15. The highest BCUT2D eigenvalue weighted by molar-refractivity contribution is 7.15. The summed E-state index contributed by atoms with van der Waals surface area (Å²) in [5, 5.41) is 4.57. The third-order valence-corrected chi connectivity index (χ3v) is 4.78. The summed E-state index contributed by atoms with van der Waals surface area (Å²) in [6.07, 6.45) is 2.60. The van der Waals surface area contributed by atoms with Crippen LogP contribution in [0.4, 0.5) is 10.8 Å². The lowest BCUT2D eigenvalue weighted by atomic mass is 10.3. The second kappa shape index (κ2) is 6.56. The molecule has 1 aromatic heterocycles. The number of methoxy groups -OCH3 is 1. The molecule has 0 aliphatic heterocycles. The first-order valence-corrected chi connectivity index (χ1v) is 8.09. The molecule has 1 saturated carbocycles. The molecule has 0 radical (unpaired) electrons. The number of ether oxygens (including phenoxy) is 1. The van der Waals surface area contributed by atoms with Crippen molar-refractivity contribution in [2.45, 2.75) is 32.0 Å². The average Bonchev–Trinajstić information content (AvgIpc) is 3.27. The molecule has 4 nitrogen and oxygen atoms in total. The van der Waals surface area contributed by atoms with Gasteiger partial charge in [-0.05, 0) is 25.0 Å². The molecule has 0 amide bonds. The van der Waals surface area contributed by atoms with Crippen LogP contribution in [0.5, 0.6) is 0 Å². The van der Waals surface area contributed by atoms with Crippen molar-refractivity contribution in [3.63, 3.8) is 0 Å². The number of hydrogen-bond acceptors (Lipinski definition) is 5. The minimum atomic E-state index is 0.570. The van der Waals surface area contributed by atoms with Crippen LogP contribution in [0.15, 0.2) is 30.3 Å². The van der Waals surface area contributed by atoms with Crippen LogP contribution in [-0.2, 0) is 17.9 Å². The first-order valence-electron chi connectivity index (χ1n) is 7.27. The van der Waals surface area contributed by atoms with Crippen molar-refractivity contribution in [3.8, 4) is 0 Å². The SMILES string of the molecule is COCc1nc(N(C)c2ccccc2)sc1CNC1CC1. The van der Waals surface area contributed by atoms with E-state index < -0.39 is 0 Å². The highest BCUT2D eigenvalue weighted by atomic mass is 32.1. The van der Waals surface area contributed by atoms with Crippen LogP contribution in [0, 0.1) is 0 Å². The number of nitrogens with zero attached hydrogens (tertiary/aromatic N) is 2. The van der Waals surface area contributed by atoms with Crippen LogP contribution >= 0.6 is 11.3 Å². The number of nitrogens with one attached hydrogen (secondary N) is 1. The summed E-state index contributed by atoms with van der Waals surface area (Å²) in [7, 11) is 3.78. The maximum atomic E-state index is 5.29. The van der Waals surface area contributed by atoms with Crippen molar-refractivity contribution in [1.29, 1.82) is 0 Å². The van der Waals surface area contributed by atoms with E-state index >= 15 is 0 Å². The number of para-hydroxylation sites is 1. The second-order valence-electron chi connectivity index (χ2n) is 5.35. The predicted molar refractivity (Wildman–Crippen MR) is 87.2 cm³/mol. The summed E-state index contributed by atoms with van der Waals surface area (Å²) in [6.45, 7) is 1.46. The third kappa shape index (κ3) is 3.61. The molecule has 5 heteroatoms. The molecule has 21 heavy (non-hydrogen) atoms. The Morgan fingerprint density at radius 2 is 2.10 bits per heavy atom. The molecule has 2 aromatic rings. The van der Waals surface area contributed by atoms with E-state index in [4.69, 9.17) is 9.72 Å². The van der Waals surface area contributed by atoms with Gasteiger partial charge in [0.2, 0.25) is 0 Å². The van der Waals surface area contributed by atoms with Gasteiger partial charge in [-0.1, -0.05) is 29.5 Å². The van der Waals surface area contributed by atoms with E-state index in [0.29, 0.717) is 12.6 Å². The van der Waals surface area contributed by atoms with E-state index in [1.165, 1.54) is 17.7 Å². The molecule has 1 fully saturated rings. The van der Waals surface area contributed by atoms with Gasteiger partial charge in [-0.15, -0.1) is 0 Å². The first-order chi connectivity index (χ1) is 10.3. The van der Waals surface area contributed by atoms with Gasteiger partial charge in [-0.2, -0.15) is 0 Å². The Bertz CT molecular complexity index is 580. The maximum absolute atomic E-state index is 5.29. The quantitative estimate of drug-likeness (QED) is 0.851. The van der Waals surface area contributed by atoms with Gasteiger partial charge in [0.25, 0.3) is 0 Å². The van der Waals surface area contributed by atoms with E-state index in [9.17, 15) is 0 Å². The molecule has 0 spiro atoms. The van der Waals surface area contributed by atoms with Crippen LogP contribution in [-0.4, -0.2) is 25.2 Å². The van der Waals surface area contributed by atoms with Crippen molar-refractivity contribution in [3.05, 3.63) is 40.9 Å². The largest absolute Gasteiger partial charge is 0.378 e. The number of aromatic nitrogens is 1. The summed E-state index contributed by atoms with van der Waals surface area (Å²) < 4.78 is 5.29. The highest BCUT2D eigenvalue weighted by Crippen LogP contribution is 2.31. The fraction of sp³-hybridized carbons (Fsp3) is 0.438. The van der Waals surface area contributed by atoms with Gasteiger partial charge >= 0.3 is 0 Å². The number of benzene rings is 1. The van der Waals surface area contributed by atoms with E-state index in [1.807, 2.05) is 18.2 Å². The fourth-order valence-electron chi connectivity index (χ4n) is 2.19. The molecule has 1 N–H and O–H groups in total. The zero-order chi connectivity index (χ0) is 14.7. The van der Waals surface area contributed by atoms with Gasteiger partial charge < -0.3 is 15.0 Å². The molecule has 0 atom stereocenters. The molecule has 3 rings (SSSR count). The minimum absolute atomic E-state index is 0.570. The normalized spacial score (nSPS) is 14.4. The van der Waals surface area contributed by atoms with E-state index in [2.05, 4.69) is 29.4 Å². The molecule has 1 heterocycles. The first kappa shape index (κ1) is 14.5. The summed E-state index contributed by atoms with van der Waals surface area (Å²) in [4.78, 5) is 8.16. The molecule has 1 aliphatic rings. The Labute approximate surface area is 129 Å². The minimum Gasteiger partial charge on any atom is -0.378 e. The van der Waals surface area contributed by atoms with Gasteiger partial charge in [0.05, 0.1) is 12.3 Å². The van der Waals surface area contributed by atoms with Gasteiger partial charge in [0.15, 0.2) is 5.13 Å². The summed E-state index contributed by atoms with van der Waals surface area (Å²) in [5.41, 5.74) is 2.20. The zero-order valence-corrected chi connectivity index (χ0v) is 13.3. The molecule has 112 valence electrons. The molecule has 1 aliphatic carbocycles. The molecular weight excluding hydrogens is 282 g/mol. The van der Waals surface area contributed by atoms with Crippen LogP contribution in [0.2, 0.25) is 0 Å². The van der Waals surface area contributed by atoms with Crippen LogP contribution in [0.25, 0.3) is 0 Å². The maximum Gasteiger partial charge on any atom is 0.190 e. The Morgan fingerprint density at radius 3 is 2.76 bits per heavy atom. The second-order valence-corrected chi connectivity index (χ2v) is 6.41. The van der Waals surface area contributed by atoms with Crippen molar-refractivity contribution in [2.24, 2.45) is 0 Å². The lowest BCUT2D eigenvalue weighted by molar-refractivity contribution is 0.181. The van der Waals surface area contributed by atoms with Gasteiger partial charge in [0.1, 0.15) is 0 Å². The van der Waals surface area contributed by atoms with Crippen LogP contribution < -0.4 is 10.2 Å². The summed E-state index contributed by atoms with van der Waals surface area (Å²) >= 11 is 1.74. The van der Waals surface area contributed by atoms with Crippen LogP contribution in [0.3, 0.4) is 0 Å². The van der Waals surface area contributed by atoms with Gasteiger partial charge in [-0.25, -0.2) is 4.98 Å². The molecular formula is C16H21N3OS. The Hall–Kier alpha value is -1.43. The van der Waals surface area contributed by atoms with Crippen LogP contribution in [0.1, 0.15) is 23.4 Å². The number of rotatable bonds is 7. The number of thiazole rings is 1. The van der Waals surface area contributed by atoms with E-state index in [1.54, 1.807) is 18.4 Å². The Morgan fingerprint density at radius 1 is 1.33 bits per heavy atom. The smallest absolute Gasteiger partial charge is 0.190 e. The highest BCUT2D eigenvalue weighted by Gasteiger charge is 2.22. The average molecular weight is 303 g/mol.